The van der Waals surface area contributed by atoms with E-state index in [9.17, 15) is 9.59 Å². The molecule has 1 unspecified atom stereocenters. The lowest BCUT2D eigenvalue weighted by Gasteiger charge is -2.13. The van der Waals surface area contributed by atoms with E-state index in [1.807, 2.05) is 6.92 Å². The number of carbonyl (C=O) groups excluding carboxylic acids is 1. The van der Waals surface area contributed by atoms with Crippen molar-refractivity contribution in [1.29, 1.82) is 0 Å². The number of carbonyl (C=O) groups is 2. The number of aliphatic carboxylic acids is 1. The third-order valence-electron chi connectivity index (χ3n) is 2.83. The highest BCUT2D eigenvalue weighted by Gasteiger charge is 2.25. The number of rotatable bonds is 9. The average molecular weight is 242 g/mol. The molecular weight excluding hydrogens is 220 g/mol. The van der Waals surface area contributed by atoms with E-state index < -0.39 is 5.97 Å². The zero-order chi connectivity index (χ0) is 12.7. The molecule has 1 amide bonds. The summed E-state index contributed by atoms with van der Waals surface area (Å²) in [6.07, 6.45) is 4.95. The molecule has 0 aromatic carbocycles. The summed E-state index contributed by atoms with van der Waals surface area (Å²) < 4.78 is 0. The van der Waals surface area contributed by atoms with Crippen LogP contribution in [0.2, 0.25) is 0 Å². The van der Waals surface area contributed by atoms with Crippen LogP contribution in [0.5, 0.6) is 0 Å². The van der Waals surface area contributed by atoms with Crippen molar-refractivity contribution >= 4 is 11.9 Å². The molecular formula is C12H22N2O3. The van der Waals surface area contributed by atoms with E-state index in [0.717, 1.165) is 32.2 Å². The van der Waals surface area contributed by atoms with Crippen molar-refractivity contribution in [2.24, 2.45) is 0 Å². The maximum atomic E-state index is 11.6. The van der Waals surface area contributed by atoms with Crippen LogP contribution in [-0.4, -0.2) is 35.6 Å². The zero-order valence-corrected chi connectivity index (χ0v) is 10.4. The van der Waals surface area contributed by atoms with Crippen LogP contribution in [0.3, 0.4) is 0 Å². The topological polar surface area (TPSA) is 78.4 Å². The van der Waals surface area contributed by atoms with E-state index in [4.69, 9.17) is 5.11 Å². The van der Waals surface area contributed by atoms with E-state index in [1.54, 1.807) is 0 Å². The van der Waals surface area contributed by atoms with Crippen molar-refractivity contribution in [1.82, 2.24) is 10.6 Å². The fourth-order valence-electron chi connectivity index (χ4n) is 1.54. The molecule has 1 rings (SSSR count). The lowest BCUT2D eigenvalue weighted by molar-refractivity contribution is -0.137. The summed E-state index contributed by atoms with van der Waals surface area (Å²) in [6.45, 7) is 2.62. The van der Waals surface area contributed by atoms with Gasteiger partial charge in [0.15, 0.2) is 0 Å². The lowest BCUT2D eigenvalue weighted by atomic mass is 10.2. The minimum Gasteiger partial charge on any atom is -0.481 e. The molecule has 1 saturated carbocycles. The first-order valence-electron chi connectivity index (χ1n) is 6.35. The zero-order valence-electron chi connectivity index (χ0n) is 10.4. The van der Waals surface area contributed by atoms with Gasteiger partial charge in [0.25, 0.3) is 0 Å². The second-order valence-electron chi connectivity index (χ2n) is 4.66. The summed E-state index contributed by atoms with van der Waals surface area (Å²) in [7, 11) is 0. The van der Waals surface area contributed by atoms with E-state index >= 15 is 0 Å². The number of carboxylic acids is 1. The second kappa shape index (κ2) is 7.27. The van der Waals surface area contributed by atoms with Gasteiger partial charge < -0.3 is 15.7 Å². The Kier molecular flexibility index (Phi) is 5.97. The van der Waals surface area contributed by atoms with Gasteiger partial charge in [0.2, 0.25) is 5.91 Å². The summed E-state index contributed by atoms with van der Waals surface area (Å²) in [5.74, 6) is -0.673. The minimum atomic E-state index is -0.741. The van der Waals surface area contributed by atoms with Gasteiger partial charge >= 0.3 is 5.97 Å². The average Bonchev–Trinajstić information content (AvgIpc) is 3.06. The fourth-order valence-corrected chi connectivity index (χ4v) is 1.54. The van der Waals surface area contributed by atoms with Crippen molar-refractivity contribution in [3.05, 3.63) is 0 Å². The van der Waals surface area contributed by atoms with Crippen molar-refractivity contribution in [3.8, 4) is 0 Å². The van der Waals surface area contributed by atoms with Gasteiger partial charge in [-0.2, -0.15) is 0 Å². The summed E-state index contributed by atoms with van der Waals surface area (Å²) in [4.78, 5) is 21.8. The van der Waals surface area contributed by atoms with Crippen molar-refractivity contribution in [2.75, 3.05) is 6.54 Å². The highest BCUT2D eigenvalue weighted by molar-refractivity contribution is 5.81. The summed E-state index contributed by atoms with van der Waals surface area (Å²) in [6, 6.07) is 0.248. The van der Waals surface area contributed by atoms with Crippen LogP contribution in [0, 0.1) is 0 Å². The molecule has 0 spiro atoms. The molecule has 0 heterocycles. The Balaban J connectivity index is 1.93. The van der Waals surface area contributed by atoms with Gasteiger partial charge in [-0.05, 0) is 39.2 Å². The highest BCUT2D eigenvalue weighted by atomic mass is 16.4. The molecule has 1 fully saturated rings. The van der Waals surface area contributed by atoms with Gasteiger partial charge in [0, 0.05) is 12.5 Å². The Morgan fingerprint density at radius 2 is 2.00 bits per heavy atom. The van der Waals surface area contributed by atoms with Crippen molar-refractivity contribution in [3.63, 3.8) is 0 Å². The third-order valence-corrected chi connectivity index (χ3v) is 2.83. The van der Waals surface area contributed by atoms with Crippen LogP contribution in [0.4, 0.5) is 0 Å². The number of carboxylic acid groups (broad SMARTS) is 1. The molecule has 0 aromatic rings. The molecule has 1 atom stereocenters. The van der Waals surface area contributed by atoms with Gasteiger partial charge in [-0.15, -0.1) is 0 Å². The molecule has 5 nitrogen and oxygen atoms in total. The summed E-state index contributed by atoms with van der Waals surface area (Å²) in [5, 5.41) is 14.5. The Bertz CT molecular complexity index is 264. The molecule has 0 aromatic heterocycles. The van der Waals surface area contributed by atoms with Crippen molar-refractivity contribution in [2.45, 2.75) is 57.5 Å². The number of hydrogen-bond acceptors (Lipinski definition) is 3. The molecule has 1 aliphatic carbocycles. The van der Waals surface area contributed by atoms with Crippen LogP contribution in [0.25, 0.3) is 0 Å². The molecule has 0 saturated heterocycles. The number of amides is 1. The fraction of sp³-hybridized carbons (Fsp3) is 0.833. The maximum Gasteiger partial charge on any atom is 0.303 e. The van der Waals surface area contributed by atoms with E-state index in [1.165, 1.54) is 0 Å². The molecule has 1 aliphatic rings. The maximum absolute atomic E-state index is 11.6. The first-order valence-corrected chi connectivity index (χ1v) is 6.35. The smallest absolute Gasteiger partial charge is 0.303 e. The summed E-state index contributed by atoms with van der Waals surface area (Å²) in [5.41, 5.74) is 0. The number of hydrogen-bond donors (Lipinski definition) is 3. The third kappa shape index (κ3) is 6.94. The molecule has 3 N–H and O–H groups in total. The standard InChI is InChI=1S/C12H22N2O3/c1-9(12(17)14-10-6-7-10)13-8-4-2-3-5-11(15)16/h9-10,13H,2-8H2,1H3,(H,14,17)(H,15,16). The first-order chi connectivity index (χ1) is 8.09. The predicted octanol–water partition coefficient (Wildman–Crippen LogP) is 0.888. The van der Waals surface area contributed by atoms with Crippen molar-refractivity contribution < 1.29 is 14.7 Å². The Morgan fingerprint density at radius 1 is 1.29 bits per heavy atom. The molecule has 98 valence electrons. The lowest BCUT2D eigenvalue weighted by Crippen LogP contribution is -2.43. The normalized spacial score (nSPS) is 16.5. The number of nitrogens with one attached hydrogen (secondary N) is 2. The van der Waals surface area contributed by atoms with Gasteiger partial charge in [0.1, 0.15) is 0 Å². The number of unbranched alkanes of at least 4 members (excludes halogenated alkanes) is 2. The van der Waals surface area contributed by atoms with Gasteiger partial charge in [-0.3, -0.25) is 9.59 Å². The van der Waals surface area contributed by atoms with E-state index in [-0.39, 0.29) is 18.4 Å². The van der Waals surface area contributed by atoms with Gasteiger partial charge in [-0.1, -0.05) is 6.42 Å². The SMILES string of the molecule is CC(NCCCCCC(=O)O)C(=O)NC1CC1. The highest BCUT2D eigenvalue weighted by Crippen LogP contribution is 2.18. The first kappa shape index (κ1) is 14.0. The Labute approximate surface area is 102 Å². The van der Waals surface area contributed by atoms with Crippen LogP contribution in [0.15, 0.2) is 0 Å². The molecule has 0 radical (unpaired) electrons. The minimum absolute atomic E-state index is 0.0676. The van der Waals surface area contributed by atoms with E-state index in [2.05, 4.69) is 10.6 Å². The van der Waals surface area contributed by atoms with Crippen LogP contribution in [-0.2, 0) is 9.59 Å². The molecule has 0 aliphatic heterocycles. The second-order valence-corrected chi connectivity index (χ2v) is 4.66. The summed E-state index contributed by atoms with van der Waals surface area (Å²) >= 11 is 0. The predicted molar refractivity (Wildman–Crippen MR) is 64.7 cm³/mol. The molecule has 0 bridgehead atoms. The van der Waals surface area contributed by atoms with Gasteiger partial charge in [0.05, 0.1) is 6.04 Å². The monoisotopic (exact) mass is 242 g/mol. The quantitative estimate of drug-likeness (QED) is 0.525. The Hall–Kier alpha value is -1.10. The largest absolute Gasteiger partial charge is 0.481 e. The van der Waals surface area contributed by atoms with Crippen LogP contribution < -0.4 is 10.6 Å². The molecule has 5 heteroatoms. The van der Waals surface area contributed by atoms with Crippen LogP contribution >= 0.6 is 0 Å². The van der Waals surface area contributed by atoms with Gasteiger partial charge in [-0.25, -0.2) is 0 Å². The van der Waals surface area contributed by atoms with E-state index in [0.29, 0.717) is 12.5 Å². The van der Waals surface area contributed by atoms with Crippen LogP contribution in [0.1, 0.15) is 45.4 Å². The Morgan fingerprint density at radius 3 is 2.59 bits per heavy atom. The molecule has 17 heavy (non-hydrogen) atoms.